The van der Waals surface area contributed by atoms with Crippen molar-refractivity contribution in [1.82, 2.24) is 0 Å². The van der Waals surface area contributed by atoms with Crippen LogP contribution in [-0.2, 0) is 25.7 Å². The second-order valence-electron chi connectivity index (χ2n) is 5.48. The van der Waals surface area contributed by atoms with Crippen LogP contribution in [0.15, 0.2) is 47.6 Å². The molecule has 20 heavy (non-hydrogen) atoms. The lowest BCUT2D eigenvalue weighted by atomic mass is 9.92. The van der Waals surface area contributed by atoms with E-state index in [-0.39, 0.29) is 0 Å². The van der Waals surface area contributed by atoms with E-state index >= 15 is 0 Å². The zero-order valence-corrected chi connectivity index (χ0v) is 11.7. The number of hydrogen-bond acceptors (Lipinski definition) is 2. The molecule has 0 aliphatic heterocycles. The van der Waals surface area contributed by atoms with Crippen molar-refractivity contribution >= 4 is 5.71 Å². The molecule has 4 bridgehead atoms. The highest BCUT2D eigenvalue weighted by atomic mass is 16.4. The first-order chi connectivity index (χ1) is 9.76. The molecule has 0 atom stereocenters. The molecule has 0 unspecified atom stereocenters. The quantitative estimate of drug-likeness (QED) is 0.568. The van der Waals surface area contributed by atoms with E-state index in [2.05, 4.69) is 47.6 Å². The van der Waals surface area contributed by atoms with Gasteiger partial charge in [-0.3, -0.25) is 0 Å². The molecular formula is C18H18NO-. The zero-order valence-electron chi connectivity index (χ0n) is 11.7. The van der Waals surface area contributed by atoms with Gasteiger partial charge in [0.25, 0.3) is 0 Å². The maximum atomic E-state index is 10.9. The van der Waals surface area contributed by atoms with Crippen LogP contribution in [0, 0.1) is 5.21 Å². The average Bonchev–Trinajstić information content (AvgIpc) is 2.49. The van der Waals surface area contributed by atoms with Crippen LogP contribution >= 0.6 is 0 Å². The second kappa shape index (κ2) is 5.49. The van der Waals surface area contributed by atoms with Crippen molar-refractivity contribution in [3.8, 4) is 0 Å². The third kappa shape index (κ3) is 2.60. The van der Waals surface area contributed by atoms with E-state index in [9.17, 15) is 5.21 Å². The van der Waals surface area contributed by atoms with Gasteiger partial charge in [-0.25, -0.2) is 0 Å². The molecule has 0 spiro atoms. The first-order valence-electron chi connectivity index (χ1n) is 7.13. The minimum Gasteiger partial charge on any atom is -0.792 e. The van der Waals surface area contributed by atoms with E-state index in [0.717, 1.165) is 31.2 Å². The maximum Gasteiger partial charge on any atom is 0.0337 e. The highest BCUT2D eigenvalue weighted by Gasteiger charge is 2.09. The number of rotatable bonds is 1. The summed E-state index contributed by atoms with van der Waals surface area (Å²) in [6.07, 6.45) is 3.98. The van der Waals surface area contributed by atoms with E-state index in [1.807, 2.05) is 0 Å². The Balaban J connectivity index is 2.04. The van der Waals surface area contributed by atoms with E-state index in [4.69, 9.17) is 0 Å². The summed E-state index contributed by atoms with van der Waals surface area (Å²) in [7, 11) is 0. The van der Waals surface area contributed by atoms with E-state index in [1.54, 1.807) is 6.92 Å². The Morgan fingerprint density at radius 2 is 1.40 bits per heavy atom. The minimum absolute atomic E-state index is 0.591. The number of benzene rings is 2. The molecule has 102 valence electrons. The van der Waals surface area contributed by atoms with Crippen LogP contribution in [-0.4, -0.2) is 5.71 Å². The Morgan fingerprint density at radius 3 is 2.05 bits per heavy atom. The van der Waals surface area contributed by atoms with Crippen LogP contribution in [0.1, 0.15) is 34.7 Å². The summed E-state index contributed by atoms with van der Waals surface area (Å²) in [5.41, 5.74) is 6.82. The fraction of sp³-hybridized carbons (Fsp3) is 0.278. The SMILES string of the molecule is C/C(=N\[O-])c1cc2ccc1CCc1ccc(cc1)CC2. The number of aryl methyl sites for hydroxylation is 4. The lowest BCUT2D eigenvalue weighted by molar-refractivity contribution is 0.919. The molecule has 0 heterocycles. The molecule has 4 aliphatic carbocycles. The molecule has 2 aromatic carbocycles. The van der Waals surface area contributed by atoms with Crippen LogP contribution in [0.4, 0.5) is 0 Å². The average molecular weight is 264 g/mol. The Labute approximate surface area is 119 Å². The fourth-order valence-electron chi connectivity index (χ4n) is 2.82. The summed E-state index contributed by atoms with van der Waals surface area (Å²) in [6.45, 7) is 1.80. The van der Waals surface area contributed by atoms with E-state index in [1.165, 1.54) is 22.3 Å². The first-order valence-corrected chi connectivity index (χ1v) is 7.13. The normalized spacial score (nSPS) is 14.9. The molecule has 0 saturated carbocycles. The van der Waals surface area contributed by atoms with Crippen molar-refractivity contribution in [2.45, 2.75) is 32.6 Å². The first kappa shape index (κ1) is 12.9. The van der Waals surface area contributed by atoms with Gasteiger partial charge in [-0.2, -0.15) is 0 Å². The van der Waals surface area contributed by atoms with Gasteiger partial charge < -0.3 is 10.4 Å². The Morgan fingerprint density at radius 1 is 0.850 bits per heavy atom. The largest absolute Gasteiger partial charge is 0.792 e. The van der Waals surface area contributed by atoms with Crippen LogP contribution in [0.3, 0.4) is 0 Å². The third-order valence-electron chi connectivity index (χ3n) is 4.11. The van der Waals surface area contributed by atoms with Crippen molar-refractivity contribution in [3.63, 3.8) is 0 Å². The van der Waals surface area contributed by atoms with E-state index in [0.29, 0.717) is 5.71 Å². The predicted octanol–water partition coefficient (Wildman–Crippen LogP) is 3.88. The molecule has 0 radical (unpaired) electrons. The highest BCUT2D eigenvalue weighted by Crippen LogP contribution is 2.20. The molecule has 6 rings (SSSR count). The van der Waals surface area contributed by atoms with Crippen LogP contribution in [0.25, 0.3) is 0 Å². The van der Waals surface area contributed by atoms with Crippen molar-refractivity contribution in [2.24, 2.45) is 5.16 Å². The van der Waals surface area contributed by atoms with Gasteiger partial charge in [-0.15, -0.1) is 0 Å². The predicted molar refractivity (Wildman–Crippen MR) is 83.3 cm³/mol. The van der Waals surface area contributed by atoms with Crippen molar-refractivity contribution in [3.05, 3.63) is 75.5 Å². The maximum absolute atomic E-state index is 10.9. The van der Waals surface area contributed by atoms with Crippen molar-refractivity contribution < 1.29 is 0 Å². The smallest absolute Gasteiger partial charge is 0.0337 e. The molecule has 4 aliphatic rings. The molecule has 2 nitrogen and oxygen atoms in total. The van der Waals surface area contributed by atoms with Gasteiger partial charge in [0.1, 0.15) is 0 Å². The summed E-state index contributed by atoms with van der Waals surface area (Å²) >= 11 is 0. The van der Waals surface area contributed by atoms with Gasteiger partial charge in [-0.1, -0.05) is 36.4 Å². The molecule has 2 heteroatoms. The van der Waals surface area contributed by atoms with Gasteiger partial charge in [0, 0.05) is 5.71 Å². The van der Waals surface area contributed by atoms with E-state index < -0.39 is 0 Å². The second-order valence-corrected chi connectivity index (χ2v) is 5.48. The topological polar surface area (TPSA) is 35.4 Å². The van der Waals surface area contributed by atoms with Crippen LogP contribution in [0.5, 0.6) is 0 Å². The van der Waals surface area contributed by atoms with Crippen LogP contribution in [0.2, 0.25) is 0 Å². The lowest BCUT2D eigenvalue weighted by Gasteiger charge is -2.15. The van der Waals surface area contributed by atoms with Crippen molar-refractivity contribution in [2.75, 3.05) is 0 Å². The summed E-state index contributed by atoms with van der Waals surface area (Å²) < 4.78 is 0. The zero-order chi connectivity index (χ0) is 13.9. The van der Waals surface area contributed by atoms with Gasteiger partial charge in [0.2, 0.25) is 0 Å². The van der Waals surface area contributed by atoms with Gasteiger partial charge >= 0.3 is 0 Å². The number of nitrogens with zero attached hydrogens (tertiary/aromatic N) is 1. The molecule has 0 amide bonds. The van der Waals surface area contributed by atoms with Gasteiger partial charge in [0.15, 0.2) is 0 Å². The summed E-state index contributed by atoms with van der Waals surface area (Å²) in [4.78, 5) is 0. The molecular weight excluding hydrogens is 246 g/mol. The Bertz CT molecular complexity index is 641. The third-order valence-corrected chi connectivity index (χ3v) is 4.11. The summed E-state index contributed by atoms with van der Waals surface area (Å²) in [5, 5.41) is 14.0. The molecule has 2 aromatic rings. The standard InChI is InChI=1S/C18H19NO/c1-13(19-20)18-12-16-7-6-14-2-4-15(5-3-14)8-10-17(18)11-9-16/h2-5,9,11-12,20H,6-8,10H2,1H3/p-1/b19-13+. The van der Waals surface area contributed by atoms with Crippen LogP contribution < -0.4 is 0 Å². The summed E-state index contributed by atoms with van der Waals surface area (Å²) in [6, 6.07) is 15.4. The fourth-order valence-corrected chi connectivity index (χ4v) is 2.82. The van der Waals surface area contributed by atoms with Gasteiger partial charge in [0.05, 0.1) is 0 Å². The highest BCUT2D eigenvalue weighted by molar-refractivity contribution is 6.00. The minimum atomic E-state index is 0.591. The lowest BCUT2D eigenvalue weighted by Crippen LogP contribution is -2.05. The van der Waals surface area contributed by atoms with Gasteiger partial charge in [-0.05, 0) is 66.5 Å². The number of hydrogen-bond donors (Lipinski definition) is 0. The van der Waals surface area contributed by atoms with Crippen molar-refractivity contribution in [1.29, 1.82) is 0 Å². The Hall–Kier alpha value is -2.09. The molecule has 0 saturated heterocycles. The molecule has 0 fully saturated rings. The Kier molecular flexibility index (Phi) is 3.55. The molecule has 0 aromatic heterocycles. The molecule has 0 N–H and O–H groups in total. The summed E-state index contributed by atoms with van der Waals surface area (Å²) in [5.74, 6) is 0. The monoisotopic (exact) mass is 264 g/mol.